The molecule has 7 nitrogen and oxygen atoms in total. The van der Waals surface area contributed by atoms with Gasteiger partial charge >= 0.3 is 10.1 Å². The third-order valence-electron chi connectivity index (χ3n) is 8.16. The summed E-state index contributed by atoms with van der Waals surface area (Å²) in [6.07, 6.45) is 4.16. The summed E-state index contributed by atoms with van der Waals surface area (Å²) >= 11 is 0. The number of benzene rings is 3. The Kier molecular flexibility index (Phi) is 9.29. The fourth-order valence-electron chi connectivity index (χ4n) is 5.90. The van der Waals surface area contributed by atoms with Gasteiger partial charge in [-0.1, -0.05) is 31.2 Å². The Morgan fingerprint density at radius 2 is 1.60 bits per heavy atom. The van der Waals surface area contributed by atoms with E-state index in [-0.39, 0.29) is 4.90 Å². The summed E-state index contributed by atoms with van der Waals surface area (Å²) in [5, 5.41) is 0. The van der Waals surface area contributed by atoms with E-state index in [0.717, 1.165) is 71.5 Å². The molecule has 3 aromatic carbocycles. The first-order valence-electron chi connectivity index (χ1n) is 14.4. The van der Waals surface area contributed by atoms with Gasteiger partial charge in [0, 0.05) is 51.0 Å². The van der Waals surface area contributed by atoms with Crippen LogP contribution in [0.2, 0.25) is 0 Å². The fraction of sp³-hybridized carbons (Fsp3) is 0.438. The zero-order valence-electron chi connectivity index (χ0n) is 23.7. The lowest BCUT2D eigenvalue weighted by molar-refractivity contribution is 0.145. The van der Waals surface area contributed by atoms with Crippen LogP contribution in [0.15, 0.2) is 77.7 Å². The SMILES string of the molecule is CCCN(CCN1CCN(c2ccccc2)CC1)[C@@H]1CCc2ccc(OS(=O)(=O)c3ccc(OC)cc3)cc2C1. The maximum Gasteiger partial charge on any atom is 0.339 e. The van der Waals surface area contributed by atoms with E-state index in [1.807, 2.05) is 12.1 Å². The molecule has 1 fully saturated rings. The van der Waals surface area contributed by atoms with E-state index in [4.69, 9.17) is 8.92 Å². The Morgan fingerprint density at radius 1 is 0.875 bits per heavy atom. The van der Waals surface area contributed by atoms with E-state index < -0.39 is 10.1 Å². The van der Waals surface area contributed by atoms with Crippen molar-refractivity contribution in [2.45, 2.75) is 43.5 Å². The Balaban J connectivity index is 1.18. The van der Waals surface area contributed by atoms with Crippen LogP contribution in [0.5, 0.6) is 11.5 Å². The van der Waals surface area contributed by atoms with Crippen LogP contribution in [0.3, 0.4) is 0 Å². The molecule has 3 aromatic rings. The van der Waals surface area contributed by atoms with Gasteiger partial charge in [-0.2, -0.15) is 8.42 Å². The quantitative estimate of drug-likeness (QED) is 0.309. The van der Waals surface area contributed by atoms with Crippen molar-refractivity contribution in [3.63, 3.8) is 0 Å². The lowest BCUT2D eigenvalue weighted by Gasteiger charge is -2.39. The molecule has 214 valence electrons. The predicted octanol–water partition coefficient (Wildman–Crippen LogP) is 4.85. The molecule has 0 unspecified atom stereocenters. The van der Waals surface area contributed by atoms with Crippen LogP contribution in [-0.2, 0) is 23.0 Å². The molecule has 1 heterocycles. The summed E-state index contributed by atoms with van der Waals surface area (Å²) in [6.45, 7) is 9.77. The number of hydrogen-bond acceptors (Lipinski definition) is 7. The van der Waals surface area contributed by atoms with Crippen LogP contribution in [0.1, 0.15) is 30.9 Å². The highest BCUT2D eigenvalue weighted by molar-refractivity contribution is 7.87. The van der Waals surface area contributed by atoms with E-state index in [9.17, 15) is 8.42 Å². The Bertz CT molecular complexity index is 1340. The lowest BCUT2D eigenvalue weighted by Crippen LogP contribution is -2.50. The Labute approximate surface area is 239 Å². The van der Waals surface area contributed by atoms with Gasteiger partial charge in [0.2, 0.25) is 0 Å². The predicted molar refractivity (Wildman–Crippen MR) is 160 cm³/mol. The molecule has 0 amide bonds. The second-order valence-corrected chi connectivity index (χ2v) is 12.3. The number of piperazine rings is 1. The average Bonchev–Trinajstić information content (AvgIpc) is 2.99. The molecule has 1 aliphatic heterocycles. The van der Waals surface area contributed by atoms with Crippen LogP contribution in [0.25, 0.3) is 0 Å². The van der Waals surface area contributed by atoms with Crippen molar-refractivity contribution in [2.24, 2.45) is 0 Å². The minimum absolute atomic E-state index is 0.114. The smallest absolute Gasteiger partial charge is 0.339 e. The number of rotatable bonds is 11. The van der Waals surface area contributed by atoms with Gasteiger partial charge in [-0.3, -0.25) is 9.80 Å². The molecule has 0 radical (unpaired) electrons. The van der Waals surface area contributed by atoms with Gasteiger partial charge in [0.15, 0.2) is 0 Å². The molecule has 0 saturated carbocycles. The molecule has 0 spiro atoms. The zero-order valence-corrected chi connectivity index (χ0v) is 24.5. The molecule has 0 bridgehead atoms. The summed E-state index contributed by atoms with van der Waals surface area (Å²) < 4.78 is 36.5. The van der Waals surface area contributed by atoms with Gasteiger partial charge < -0.3 is 13.8 Å². The fourth-order valence-corrected chi connectivity index (χ4v) is 6.82. The molecule has 0 N–H and O–H groups in total. The number of anilines is 1. The van der Waals surface area contributed by atoms with Gasteiger partial charge in [0.05, 0.1) is 7.11 Å². The number of methoxy groups -OCH3 is 1. The standard InChI is InChI=1S/C32H41N3O4S/c1-3-17-34(21-18-33-19-22-35(23-20-33)28-7-5-4-6-8-28)29-11-9-26-10-12-31(25-27(26)24-29)39-40(36,37)32-15-13-30(38-2)14-16-32/h4-8,10,12-16,25,29H,3,9,11,17-24H2,1-2H3/t29-/m1/s1. The molecule has 40 heavy (non-hydrogen) atoms. The van der Waals surface area contributed by atoms with E-state index in [2.05, 4.69) is 52.0 Å². The minimum atomic E-state index is -3.92. The van der Waals surface area contributed by atoms with Crippen LogP contribution in [0, 0.1) is 0 Å². The highest BCUT2D eigenvalue weighted by Crippen LogP contribution is 2.30. The normalized spacial score (nSPS) is 18.0. The lowest BCUT2D eigenvalue weighted by atomic mass is 9.87. The monoisotopic (exact) mass is 563 g/mol. The van der Waals surface area contributed by atoms with Crippen molar-refractivity contribution in [1.82, 2.24) is 9.80 Å². The maximum atomic E-state index is 12.9. The summed E-state index contributed by atoms with van der Waals surface area (Å²) in [6, 6.07) is 23.1. The second kappa shape index (κ2) is 13.1. The largest absolute Gasteiger partial charge is 0.497 e. The van der Waals surface area contributed by atoms with Crippen molar-refractivity contribution in [2.75, 3.05) is 57.8 Å². The highest BCUT2D eigenvalue weighted by atomic mass is 32.2. The second-order valence-electron chi connectivity index (χ2n) is 10.7. The average molecular weight is 564 g/mol. The maximum absolute atomic E-state index is 12.9. The van der Waals surface area contributed by atoms with E-state index in [1.54, 1.807) is 25.3 Å². The van der Waals surface area contributed by atoms with Gasteiger partial charge in [0.1, 0.15) is 16.4 Å². The summed E-state index contributed by atoms with van der Waals surface area (Å²) in [5.41, 5.74) is 3.80. The number of hydrogen-bond donors (Lipinski definition) is 0. The number of fused-ring (bicyclic) bond motifs is 1. The molecule has 2 aliphatic rings. The van der Waals surface area contributed by atoms with Crippen molar-refractivity contribution in [3.8, 4) is 11.5 Å². The van der Waals surface area contributed by atoms with E-state index in [1.165, 1.54) is 28.9 Å². The summed E-state index contributed by atoms with van der Waals surface area (Å²) in [5.74, 6) is 0.971. The van der Waals surface area contributed by atoms with Crippen molar-refractivity contribution < 1.29 is 17.3 Å². The molecule has 8 heteroatoms. The third-order valence-corrected chi connectivity index (χ3v) is 9.42. The molecule has 1 saturated heterocycles. The van der Waals surface area contributed by atoms with Crippen molar-refractivity contribution in [1.29, 1.82) is 0 Å². The number of para-hydroxylation sites is 1. The van der Waals surface area contributed by atoms with Crippen LogP contribution < -0.4 is 13.8 Å². The molecular weight excluding hydrogens is 522 g/mol. The topological polar surface area (TPSA) is 62.3 Å². The van der Waals surface area contributed by atoms with Crippen molar-refractivity contribution >= 4 is 15.8 Å². The highest BCUT2D eigenvalue weighted by Gasteiger charge is 2.26. The van der Waals surface area contributed by atoms with Gasteiger partial charge in [-0.15, -0.1) is 0 Å². The number of aryl methyl sites for hydroxylation is 1. The van der Waals surface area contributed by atoms with Crippen LogP contribution >= 0.6 is 0 Å². The third kappa shape index (κ3) is 6.97. The zero-order chi connectivity index (χ0) is 28.0. The van der Waals surface area contributed by atoms with E-state index in [0.29, 0.717) is 17.5 Å². The Morgan fingerprint density at radius 3 is 2.30 bits per heavy atom. The van der Waals surface area contributed by atoms with Crippen molar-refractivity contribution in [3.05, 3.63) is 83.9 Å². The summed E-state index contributed by atoms with van der Waals surface area (Å²) in [4.78, 5) is 7.83. The number of nitrogens with zero attached hydrogens (tertiary/aromatic N) is 3. The minimum Gasteiger partial charge on any atom is -0.497 e. The molecule has 5 rings (SSSR count). The van der Waals surface area contributed by atoms with Gasteiger partial charge in [0.25, 0.3) is 0 Å². The molecular formula is C32H41N3O4S. The number of ether oxygens (including phenoxy) is 1. The van der Waals surface area contributed by atoms with Gasteiger partial charge in [-0.25, -0.2) is 0 Å². The Hall–Kier alpha value is -3.07. The van der Waals surface area contributed by atoms with Crippen LogP contribution in [-0.4, -0.2) is 77.2 Å². The first-order chi connectivity index (χ1) is 19.4. The summed E-state index contributed by atoms with van der Waals surface area (Å²) in [7, 11) is -2.37. The first kappa shape index (κ1) is 28.5. The van der Waals surface area contributed by atoms with Crippen LogP contribution in [0.4, 0.5) is 5.69 Å². The van der Waals surface area contributed by atoms with E-state index >= 15 is 0 Å². The van der Waals surface area contributed by atoms with Gasteiger partial charge in [-0.05, 0) is 91.9 Å². The first-order valence-corrected chi connectivity index (χ1v) is 15.8. The molecule has 1 atom stereocenters. The molecule has 1 aliphatic carbocycles. The molecule has 0 aromatic heterocycles.